The molecule has 0 aromatic rings. The van der Waals surface area contributed by atoms with Crippen molar-refractivity contribution in [1.82, 2.24) is 4.90 Å². The predicted octanol–water partition coefficient (Wildman–Crippen LogP) is 4.82. The first kappa shape index (κ1) is 23.5. The summed E-state index contributed by atoms with van der Waals surface area (Å²) in [5.74, 6) is 0.157. The van der Waals surface area contributed by atoms with E-state index >= 15 is 0 Å². The zero-order valence-electron chi connectivity index (χ0n) is 17.0. The van der Waals surface area contributed by atoms with Crippen molar-refractivity contribution >= 4 is 17.7 Å². The number of hydrogen-bond acceptors (Lipinski definition) is 4. The van der Waals surface area contributed by atoms with Crippen molar-refractivity contribution in [2.75, 3.05) is 32.5 Å². The monoisotopic (exact) mass is 391 g/mol. The second-order valence-corrected chi connectivity index (χ2v) is 7.56. The second-order valence-electron chi connectivity index (χ2n) is 6.42. The van der Waals surface area contributed by atoms with Crippen molar-refractivity contribution in [2.24, 2.45) is 0 Å². The molecular formula is C22H33NO3S. The first-order valence-electron chi connectivity index (χ1n) is 9.50. The maximum Gasteiger partial charge on any atom is 0.327 e. The van der Waals surface area contributed by atoms with Crippen molar-refractivity contribution in [2.45, 2.75) is 39.7 Å². The fourth-order valence-electron chi connectivity index (χ4n) is 2.82. The summed E-state index contributed by atoms with van der Waals surface area (Å²) in [5, 5.41) is 8.71. The lowest BCUT2D eigenvalue weighted by molar-refractivity contribution is -0.131. The Hall–Kier alpha value is -1.56. The van der Waals surface area contributed by atoms with Crippen LogP contribution in [-0.4, -0.2) is 54.6 Å². The van der Waals surface area contributed by atoms with Gasteiger partial charge in [-0.15, -0.1) is 11.8 Å². The molecule has 1 N–H and O–H groups in total. The molecule has 27 heavy (non-hydrogen) atoms. The first-order valence-corrected chi connectivity index (χ1v) is 10.5. The van der Waals surface area contributed by atoms with E-state index in [2.05, 4.69) is 43.1 Å². The average Bonchev–Trinajstić information content (AvgIpc) is 2.81. The SMILES string of the molecule is C/C=C\C(=CC/C=C/C(=O)O)CN1CCSC(=C/CC)/C(=C\C(C)OC)C1. The summed E-state index contributed by atoms with van der Waals surface area (Å²) in [6.07, 6.45) is 15.4. The number of carboxylic acid groups (broad SMARTS) is 1. The van der Waals surface area contributed by atoms with Gasteiger partial charge in [0, 0.05) is 43.5 Å². The molecule has 1 fully saturated rings. The molecule has 0 aromatic carbocycles. The molecule has 150 valence electrons. The van der Waals surface area contributed by atoms with Crippen LogP contribution in [0.15, 0.2) is 58.6 Å². The van der Waals surface area contributed by atoms with Crippen LogP contribution in [0.4, 0.5) is 0 Å². The highest BCUT2D eigenvalue weighted by molar-refractivity contribution is 8.03. The predicted molar refractivity (Wildman–Crippen MR) is 116 cm³/mol. The Balaban J connectivity index is 2.92. The van der Waals surface area contributed by atoms with Crippen LogP contribution in [-0.2, 0) is 9.53 Å². The number of nitrogens with zero attached hydrogens (tertiary/aromatic N) is 1. The van der Waals surface area contributed by atoms with Crippen molar-refractivity contribution in [1.29, 1.82) is 0 Å². The van der Waals surface area contributed by atoms with Gasteiger partial charge in [-0.25, -0.2) is 4.79 Å². The summed E-state index contributed by atoms with van der Waals surface area (Å²) in [7, 11) is 1.74. The van der Waals surface area contributed by atoms with E-state index < -0.39 is 5.97 Å². The molecular weight excluding hydrogens is 358 g/mol. The number of allylic oxidation sites excluding steroid dienone is 4. The van der Waals surface area contributed by atoms with Crippen LogP contribution in [0, 0.1) is 0 Å². The van der Waals surface area contributed by atoms with Gasteiger partial charge in [-0.3, -0.25) is 4.90 Å². The fraction of sp³-hybridized carbons (Fsp3) is 0.500. The minimum atomic E-state index is -0.905. The van der Waals surface area contributed by atoms with E-state index in [0.717, 1.165) is 31.8 Å². The molecule has 1 atom stereocenters. The Morgan fingerprint density at radius 3 is 2.81 bits per heavy atom. The normalized spacial score (nSPS) is 21.4. The highest BCUT2D eigenvalue weighted by atomic mass is 32.2. The third-order valence-corrected chi connectivity index (χ3v) is 5.26. The van der Waals surface area contributed by atoms with E-state index in [4.69, 9.17) is 9.84 Å². The number of ether oxygens (including phenoxy) is 1. The van der Waals surface area contributed by atoms with Gasteiger partial charge in [0.25, 0.3) is 0 Å². The number of methoxy groups -OCH3 is 1. The molecule has 1 aliphatic heterocycles. The Morgan fingerprint density at radius 1 is 1.41 bits per heavy atom. The van der Waals surface area contributed by atoms with Gasteiger partial charge >= 0.3 is 5.97 Å². The van der Waals surface area contributed by atoms with Gasteiger partial charge in [-0.1, -0.05) is 43.4 Å². The largest absolute Gasteiger partial charge is 0.478 e. The zero-order valence-corrected chi connectivity index (χ0v) is 17.8. The summed E-state index contributed by atoms with van der Waals surface area (Å²) in [5.41, 5.74) is 2.54. The van der Waals surface area contributed by atoms with Crippen molar-refractivity contribution in [3.8, 4) is 0 Å². The van der Waals surface area contributed by atoms with Crippen molar-refractivity contribution in [3.63, 3.8) is 0 Å². The number of carbonyl (C=O) groups is 1. The number of thioether (sulfide) groups is 1. The lowest BCUT2D eigenvalue weighted by Gasteiger charge is -2.22. The topological polar surface area (TPSA) is 49.8 Å². The highest BCUT2D eigenvalue weighted by Crippen LogP contribution is 2.29. The minimum absolute atomic E-state index is 0.0903. The Kier molecular flexibility index (Phi) is 11.8. The lowest BCUT2D eigenvalue weighted by Crippen LogP contribution is -2.29. The van der Waals surface area contributed by atoms with Crippen LogP contribution < -0.4 is 0 Å². The Bertz CT molecular complexity index is 617. The quantitative estimate of drug-likeness (QED) is 0.451. The van der Waals surface area contributed by atoms with Crippen LogP contribution in [0.3, 0.4) is 0 Å². The Morgan fingerprint density at radius 2 is 2.19 bits per heavy atom. The summed E-state index contributed by atoms with van der Waals surface area (Å²) < 4.78 is 5.45. The molecule has 0 saturated carbocycles. The van der Waals surface area contributed by atoms with Crippen molar-refractivity contribution in [3.05, 3.63) is 58.6 Å². The first-order chi connectivity index (χ1) is 13.0. The minimum Gasteiger partial charge on any atom is -0.478 e. The van der Waals surface area contributed by atoms with E-state index in [0.29, 0.717) is 6.42 Å². The zero-order chi connectivity index (χ0) is 20.1. The highest BCUT2D eigenvalue weighted by Gasteiger charge is 2.18. The van der Waals surface area contributed by atoms with Crippen LogP contribution in [0.25, 0.3) is 0 Å². The molecule has 5 heteroatoms. The maximum atomic E-state index is 10.6. The third-order valence-electron chi connectivity index (χ3n) is 4.14. The molecule has 0 bridgehead atoms. The van der Waals surface area contributed by atoms with E-state index in [1.165, 1.54) is 22.1 Å². The molecule has 4 nitrogen and oxygen atoms in total. The van der Waals surface area contributed by atoms with E-state index in [1.807, 2.05) is 24.8 Å². The molecule has 1 aliphatic rings. The van der Waals surface area contributed by atoms with Crippen LogP contribution in [0.1, 0.15) is 33.6 Å². The van der Waals surface area contributed by atoms with Gasteiger partial charge < -0.3 is 9.84 Å². The lowest BCUT2D eigenvalue weighted by atomic mass is 10.1. The summed E-state index contributed by atoms with van der Waals surface area (Å²) in [6, 6.07) is 0. The third kappa shape index (κ3) is 9.80. The number of rotatable bonds is 9. The summed E-state index contributed by atoms with van der Waals surface area (Å²) in [4.78, 5) is 14.4. The number of hydrogen-bond donors (Lipinski definition) is 1. The van der Waals surface area contributed by atoms with E-state index in [1.54, 1.807) is 13.2 Å². The molecule has 1 rings (SSSR count). The molecule has 1 heterocycles. The molecule has 1 unspecified atom stereocenters. The molecule has 0 amide bonds. The van der Waals surface area contributed by atoms with Gasteiger partial charge in [-0.05, 0) is 37.8 Å². The molecule has 0 aliphatic carbocycles. The second kappa shape index (κ2) is 13.6. The standard InChI is InChI=1S/C22H33NO3S/c1-5-9-19(11-7-8-12-22(24)25)16-23-13-14-27-21(10-6-2)20(17-23)15-18(3)26-4/h5,8-12,15,18H,6-7,13-14,16-17H2,1-4H3,(H,24,25)/b9-5-,12-8+,19-11?,20-15-,21-10+. The van der Waals surface area contributed by atoms with Gasteiger partial charge in [0.2, 0.25) is 0 Å². The number of carboxylic acids is 1. The van der Waals surface area contributed by atoms with Gasteiger partial charge in [0.1, 0.15) is 0 Å². The summed E-state index contributed by atoms with van der Waals surface area (Å²) in [6.45, 7) is 9.01. The van der Waals surface area contributed by atoms with Crippen LogP contribution >= 0.6 is 11.8 Å². The smallest absolute Gasteiger partial charge is 0.327 e. The van der Waals surface area contributed by atoms with Gasteiger partial charge in [0.15, 0.2) is 0 Å². The Labute approximate surface area is 168 Å². The fourth-order valence-corrected chi connectivity index (χ4v) is 3.99. The van der Waals surface area contributed by atoms with Gasteiger partial charge in [-0.2, -0.15) is 0 Å². The van der Waals surface area contributed by atoms with Gasteiger partial charge in [0.05, 0.1) is 6.10 Å². The van der Waals surface area contributed by atoms with Crippen LogP contribution in [0.5, 0.6) is 0 Å². The molecule has 1 saturated heterocycles. The van der Waals surface area contributed by atoms with E-state index in [-0.39, 0.29) is 6.10 Å². The summed E-state index contributed by atoms with van der Waals surface area (Å²) >= 11 is 1.92. The van der Waals surface area contributed by atoms with Crippen molar-refractivity contribution < 1.29 is 14.6 Å². The molecule has 0 spiro atoms. The average molecular weight is 392 g/mol. The van der Waals surface area contributed by atoms with Crippen LogP contribution in [0.2, 0.25) is 0 Å². The molecule has 0 radical (unpaired) electrons. The number of aliphatic carboxylic acids is 1. The molecule has 0 aromatic heterocycles. The maximum absolute atomic E-state index is 10.6. The van der Waals surface area contributed by atoms with E-state index in [9.17, 15) is 4.79 Å².